The number of carbonyl (C=O) groups is 1. The van der Waals surface area contributed by atoms with Gasteiger partial charge in [-0.15, -0.1) is 11.3 Å². The Morgan fingerprint density at radius 3 is 2.90 bits per heavy atom. The van der Waals surface area contributed by atoms with Crippen LogP contribution in [0.4, 0.5) is 0 Å². The Balaban J connectivity index is 2.03. The van der Waals surface area contributed by atoms with Crippen molar-refractivity contribution in [2.75, 3.05) is 13.1 Å². The first-order valence-corrected chi connectivity index (χ1v) is 8.05. The standard InChI is InChI=1S/C15H25N3OS/c1-11-12(9-13(20-11)14(19)17-16)10-18-7-4-5-15(2,3)6-8-18/h9H,4-8,10,16H2,1-3H3,(H,17,19). The number of carbonyl (C=O) groups excluding carboxylic acids is 1. The monoisotopic (exact) mass is 295 g/mol. The fraction of sp³-hybridized carbons (Fsp3) is 0.667. The number of hydrogen-bond donors (Lipinski definition) is 2. The van der Waals surface area contributed by atoms with E-state index in [1.165, 1.54) is 41.0 Å². The quantitative estimate of drug-likeness (QED) is 0.512. The highest BCUT2D eigenvalue weighted by Crippen LogP contribution is 2.31. The van der Waals surface area contributed by atoms with Gasteiger partial charge in [0.15, 0.2) is 0 Å². The molecule has 1 saturated heterocycles. The van der Waals surface area contributed by atoms with Crippen molar-refractivity contribution >= 4 is 17.2 Å². The maximum Gasteiger partial charge on any atom is 0.275 e. The summed E-state index contributed by atoms with van der Waals surface area (Å²) in [6, 6.07) is 1.98. The van der Waals surface area contributed by atoms with Crippen molar-refractivity contribution < 1.29 is 4.79 Å². The van der Waals surface area contributed by atoms with Gasteiger partial charge in [0.05, 0.1) is 4.88 Å². The largest absolute Gasteiger partial charge is 0.299 e. The van der Waals surface area contributed by atoms with Crippen LogP contribution in [0.5, 0.6) is 0 Å². The molecular formula is C15H25N3OS. The van der Waals surface area contributed by atoms with E-state index >= 15 is 0 Å². The lowest BCUT2D eigenvalue weighted by atomic mass is 9.85. The maximum atomic E-state index is 11.6. The van der Waals surface area contributed by atoms with Gasteiger partial charge in [0.1, 0.15) is 0 Å². The summed E-state index contributed by atoms with van der Waals surface area (Å²) in [4.78, 5) is 16.0. The van der Waals surface area contributed by atoms with Crippen LogP contribution in [0.3, 0.4) is 0 Å². The number of nitrogen functional groups attached to an aromatic ring is 1. The number of thiophene rings is 1. The molecule has 0 atom stereocenters. The van der Waals surface area contributed by atoms with Crippen LogP contribution in [-0.2, 0) is 6.54 Å². The van der Waals surface area contributed by atoms with Crippen molar-refractivity contribution in [1.82, 2.24) is 10.3 Å². The number of aryl methyl sites for hydroxylation is 1. The number of nitrogens with two attached hydrogens (primary N) is 1. The molecule has 3 N–H and O–H groups in total. The minimum Gasteiger partial charge on any atom is -0.299 e. The van der Waals surface area contributed by atoms with Gasteiger partial charge in [-0.2, -0.15) is 0 Å². The molecule has 1 aliphatic heterocycles. The molecule has 0 unspecified atom stereocenters. The summed E-state index contributed by atoms with van der Waals surface area (Å²) in [7, 11) is 0. The van der Waals surface area contributed by atoms with E-state index in [0.717, 1.165) is 19.6 Å². The zero-order valence-electron chi connectivity index (χ0n) is 12.7. The van der Waals surface area contributed by atoms with E-state index in [-0.39, 0.29) is 5.91 Å². The SMILES string of the molecule is Cc1sc(C(=O)NN)cc1CN1CCCC(C)(C)CC1. The molecule has 20 heavy (non-hydrogen) atoms. The number of nitrogens with zero attached hydrogens (tertiary/aromatic N) is 1. The molecule has 0 spiro atoms. The van der Waals surface area contributed by atoms with Crippen LogP contribution < -0.4 is 11.3 Å². The fourth-order valence-corrected chi connectivity index (χ4v) is 3.67. The summed E-state index contributed by atoms with van der Waals surface area (Å²) in [6.45, 7) is 10.0. The molecule has 0 radical (unpaired) electrons. The lowest BCUT2D eigenvalue weighted by molar-refractivity contribution is 0.0957. The first-order valence-electron chi connectivity index (χ1n) is 7.24. The molecule has 2 heterocycles. The number of nitrogens with one attached hydrogen (secondary N) is 1. The second-order valence-corrected chi connectivity index (χ2v) is 7.72. The van der Waals surface area contributed by atoms with Crippen molar-refractivity contribution in [3.8, 4) is 0 Å². The van der Waals surface area contributed by atoms with Crippen LogP contribution in [0.1, 0.15) is 53.2 Å². The van der Waals surface area contributed by atoms with Crippen molar-refractivity contribution in [3.63, 3.8) is 0 Å². The average molecular weight is 295 g/mol. The number of likely N-dealkylation sites (tertiary alicyclic amines) is 1. The number of amides is 1. The van der Waals surface area contributed by atoms with Gasteiger partial charge < -0.3 is 0 Å². The predicted octanol–water partition coefficient (Wildman–Crippen LogP) is 2.67. The molecule has 0 saturated carbocycles. The Morgan fingerprint density at radius 1 is 1.45 bits per heavy atom. The zero-order chi connectivity index (χ0) is 14.8. The Bertz CT molecular complexity index is 481. The van der Waals surface area contributed by atoms with Crippen LogP contribution in [0.15, 0.2) is 6.07 Å². The number of hydrazine groups is 1. The Morgan fingerprint density at radius 2 is 2.20 bits per heavy atom. The third-order valence-electron chi connectivity index (χ3n) is 4.20. The van der Waals surface area contributed by atoms with Crippen molar-refractivity contribution in [2.24, 2.45) is 11.3 Å². The van der Waals surface area contributed by atoms with E-state index in [1.807, 2.05) is 6.07 Å². The summed E-state index contributed by atoms with van der Waals surface area (Å²) in [6.07, 6.45) is 3.80. The van der Waals surface area contributed by atoms with Gasteiger partial charge in [-0.3, -0.25) is 15.1 Å². The van der Waals surface area contributed by atoms with Crippen LogP contribution in [-0.4, -0.2) is 23.9 Å². The normalized spacial score (nSPS) is 19.6. The molecule has 1 aliphatic rings. The van der Waals surface area contributed by atoms with Crippen LogP contribution >= 0.6 is 11.3 Å². The summed E-state index contributed by atoms with van der Waals surface area (Å²) < 4.78 is 0. The molecule has 112 valence electrons. The molecule has 0 aliphatic carbocycles. The third kappa shape index (κ3) is 3.81. The lowest BCUT2D eigenvalue weighted by Gasteiger charge is -2.23. The highest BCUT2D eigenvalue weighted by molar-refractivity contribution is 7.14. The van der Waals surface area contributed by atoms with Crippen LogP contribution in [0, 0.1) is 12.3 Å². The third-order valence-corrected chi connectivity index (χ3v) is 5.29. The minimum absolute atomic E-state index is 0.193. The molecule has 4 nitrogen and oxygen atoms in total. The van der Waals surface area contributed by atoms with Crippen molar-refractivity contribution in [1.29, 1.82) is 0 Å². The van der Waals surface area contributed by atoms with E-state index in [2.05, 4.69) is 31.1 Å². The van der Waals surface area contributed by atoms with Gasteiger partial charge in [-0.25, -0.2) is 5.84 Å². The smallest absolute Gasteiger partial charge is 0.275 e. The average Bonchev–Trinajstić information content (AvgIpc) is 2.66. The Kier molecular flexibility index (Phi) is 4.83. The van der Waals surface area contributed by atoms with Gasteiger partial charge in [-0.1, -0.05) is 13.8 Å². The predicted molar refractivity (Wildman–Crippen MR) is 83.6 cm³/mol. The van der Waals surface area contributed by atoms with Crippen LogP contribution in [0.2, 0.25) is 0 Å². The molecule has 1 fully saturated rings. The van der Waals surface area contributed by atoms with E-state index in [0.29, 0.717) is 10.3 Å². The highest BCUT2D eigenvalue weighted by Gasteiger charge is 2.23. The second kappa shape index (κ2) is 6.24. The van der Waals surface area contributed by atoms with Gasteiger partial charge in [-0.05, 0) is 56.3 Å². The summed E-state index contributed by atoms with van der Waals surface area (Å²) in [5.74, 6) is 5.00. The first kappa shape index (κ1) is 15.5. The molecule has 0 bridgehead atoms. The van der Waals surface area contributed by atoms with E-state index in [4.69, 9.17) is 5.84 Å². The zero-order valence-corrected chi connectivity index (χ0v) is 13.5. The lowest BCUT2D eigenvalue weighted by Crippen LogP contribution is -2.29. The maximum absolute atomic E-state index is 11.6. The van der Waals surface area contributed by atoms with E-state index < -0.39 is 0 Å². The molecule has 1 amide bonds. The van der Waals surface area contributed by atoms with Gasteiger partial charge in [0.2, 0.25) is 0 Å². The Hall–Kier alpha value is -0.910. The van der Waals surface area contributed by atoms with Crippen molar-refractivity contribution in [2.45, 2.75) is 46.6 Å². The molecule has 1 aromatic heterocycles. The summed E-state index contributed by atoms with van der Waals surface area (Å²) >= 11 is 1.52. The molecule has 2 rings (SSSR count). The fourth-order valence-electron chi connectivity index (χ4n) is 2.74. The van der Waals surface area contributed by atoms with E-state index in [9.17, 15) is 4.79 Å². The molecule has 1 aromatic rings. The summed E-state index contributed by atoms with van der Waals surface area (Å²) in [5, 5.41) is 0. The van der Waals surface area contributed by atoms with Gasteiger partial charge in [0.25, 0.3) is 5.91 Å². The second-order valence-electron chi connectivity index (χ2n) is 6.46. The molecular weight excluding hydrogens is 270 g/mol. The minimum atomic E-state index is -0.193. The van der Waals surface area contributed by atoms with Gasteiger partial charge in [0, 0.05) is 11.4 Å². The molecule has 0 aromatic carbocycles. The Labute approximate surface area is 125 Å². The topological polar surface area (TPSA) is 58.4 Å². The number of hydrogen-bond acceptors (Lipinski definition) is 4. The highest BCUT2D eigenvalue weighted by atomic mass is 32.1. The van der Waals surface area contributed by atoms with Crippen molar-refractivity contribution in [3.05, 3.63) is 21.4 Å². The summed E-state index contributed by atoms with van der Waals surface area (Å²) in [5.41, 5.74) is 3.92. The van der Waals surface area contributed by atoms with E-state index in [1.54, 1.807) is 0 Å². The first-order chi connectivity index (χ1) is 9.41. The van der Waals surface area contributed by atoms with Crippen LogP contribution in [0.25, 0.3) is 0 Å². The van der Waals surface area contributed by atoms with Gasteiger partial charge >= 0.3 is 0 Å². The number of rotatable bonds is 3. The molecule has 5 heteroatoms.